The van der Waals surface area contributed by atoms with Crippen LogP contribution in [-0.4, -0.2) is 44.9 Å². The molecule has 3 heterocycles. The Morgan fingerprint density at radius 3 is 2.65 bits per heavy atom. The number of benzene rings is 2. The van der Waals surface area contributed by atoms with Gasteiger partial charge >= 0.3 is 0 Å². The molecule has 1 aromatic heterocycles. The molecule has 2 N–H and O–H groups in total. The number of aliphatic hydroxyl groups excluding tert-OH is 2. The van der Waals surface area contributed by atoms with Crippen LogP contribution in [0, 0.1) is 13.8 Å². The summed E-state index contributed by atoms with van der Waals surface area (Å²) in [5, 5.41) is 23.0. The Hall–Kier alpha value is -2.34. The lowest BCUT2D eigenvalue weighted by molar-refractivity contribution is -0.0587. The highest BCUT2D eigenvalue weighted by Gasteiger charge is 2.43. The van der Waals surface area contributed by atoms with E-state index in [0.29, 0.717) is 13.0 Å². The molecule has 2 atom stereocenters. The van der Waals surface area contributed by atoms with Crippen molar-refractivity contribution in [1.82, 2.24) is 9.47 Å². The molecule has 2 aliphatic rings. The van der Waals surface area contributed by atoms with Crippen molar-refractivity contribution in [2.24, 2.45) is 7.05 Å². The molecule has 164 valence electrons. The third kappa shape index (κ3) is 3.55. The molecule has 1 fully saturated rings. The highest BCUT2D eigenvalue weighted by Crippen LogP contribution is 2.44. The van der Waals surface area contributed by atoms with Crippen LogP contribution < -0.4 is 4.74 Å². The van der Waals surface area contributed by atoms with Gasteiger partial charge in [-0.3, -0.25) is 0 Å². The third-order valence-corrected chi connectivity index (χ3v) is 7.40. The number of hydrogen-bond donors (Lipinski definition) is 2. The highest BCUT2D eigenvalue weighted by atomic mass is 16.5. The van der Waals surface area contributed by atoms with Gasteiger partial charge < -0.3 is 24.4 Å². The lowest BCUT2D eigenvalue weighted by atomic mass is 9.81. The van der Waals surface area contributed by atoms with Gasteiger partial charge in [-0.2, -0.15) is 0 Å². The summed E-state index contributed by atoms with van der Waals surface area (Å²) < 4.78 is 8.61. The van der Waals surface area contributed by atoms with Gasteiger partial charge in [0, 0.05) is 60.8 Å². The molecule has 5 nitrogen and oxygen atoms in total. The summed E-state index contributed by atoms with van der Waals surface area (Å²) in [7, 11) is 2.06. The van der Waals surface area contributed by atoms with E-state index >= 15 is 0 Å². The van der Waals surface area contributed by atoms with E-state index in [1.807, 2.05) is 37.3 Å². The van der Waals surface area contributed by atoms with Gasteiger partial charge in [-0.05, 0) is 44.9 Å². The Morgan fingerprint density at radius 1 is 1.13 bits per heavy atom. The van der Waals surface area contributed by atoms with Crippen molar-refractivity contribution in [1.29, 1.82) is 0 Å². The van der Waals surface area contributed by atoms with Crippen LogP contribution in [0.15, 0.2) is 42.5 Å². The number of likely N-dealkylation sites (tertiary alicyclic amines) is 1. The monoisotopic (exact) mass is 420 g/mol. The van der Waals surface area contributed by atoms with E-state index in [0.717, 1.165) is 65.0 Å². The molecule has 0 bridgehead atoms. The van der Waals surface area contributed by atoms with Crippen LogP contribution >= 0.6 is 0 Å². The second kappa shape index (κ2) is 7.66. The van der Waals surface area contributed by atoms with E-state index in [-0.39, 0.29) is 5.60 Å². The van der Waals surface area contributed by atoms with Gasteiger partial charge in [0.05, 0.1) is 12.2 Å². The molecule has 1 saturated heterocycles. The van der Waals surface area contributed by atoms with Crippen LogP contribution in [-0.2, 0) is 7.05 Å². The maximum Gasteiger partial charge on any atom is 0.125 e. The predicted octanol–water partition coefficient (Wildman–Crippen LogP) is 4.18. The molecule has 0 unspecified atom stereocenters. The van der Waals surface area contributed by atoms with E-state index < -0.39 is 12.2 Å². The zero-order valence-corrected chi connectivity index (χ0v) is 18.6. The van der Waals surface area contributed by atoms with Gasteiger partial charge in [0.15, 0.2) is 0 Å². The summed E-state index contributed by atoms with van der Waals surface area (Å²) in [6.45, 7) is 6.45. The Balaban J connectivity index is 1.29. The Kier molecular flexibility index (Phi) is 5.08. The molecule has 0 saturated carbocycles. The Bertz CT molecular complexity index is 1110. The minimum absolute atomic E-state index is 0.307. The third-order valence-electron chi connectivity index (χ3n) is 7.40. The summed E-state index contributed by atoms with van der Waals surface area (Å²) in [5.74, 6) is 0.823. The maximum atomic E-state index is 11.1. The number of β-amino-alcohol motifs (C(OH)–C–C–N with tert-alkyl or cyclic N) is 1. The second-order valence-electron chi connectivity index (χ2n) is 9.44. The summed E-state index contributed by atoms with van der Waals surface area (Å²) in [6, 6.07) is 14.4. The molecule has 1 spiro atoms. The van der Waals surface area contributed by atoms with Crippen LogP contribution in [0.4, 0.5) is 0 Å². The number of ether oxygens (including phenoxy) is 1. The van der Waals surface area contributed by atoms with Crippen LogP contribution in [0.25, 0.3) is 10.9 Å². The van der Waals surface area contributed by atoms with Gasteiger partial charge in [-0.25, -0.2) is 0 Å². The summed E-state index contributed by atoms with van der Waals surface area (Å²) in [5.41, 5.74) is 5.06. The van der Waals surface area contributed by atoms with Crippen molar-refractivity contribution in [3.63, 3.8) is 0 Å². The fraction of sp³-hybridized carbons (Fsp3) is 0.462. The molecule has 5 heteroatoms. The number of fused-ring (bicyclic) bond motifs is 2. The van der Waals surface area contributed by atoms with Crippen molar-refractivity contribution >= 4 is 10.9 Å². The number of aliphatic hydroxyl groups is 2. The lowest BCUT2D eigenvalue weighted by Crippen LogP contribution is -2.51. The van der Waals surface area contributed by atoms with E-state index in [4.69, 9.17) is 4.74 Å². The number of aromatic nitrogens is 1. The topological polar surface area (TPSA) is 57.9 Å². The minimum Gasteiger partial charge on any atom is -0.487 e. The van der Waals surface area contributed by atoms with Crippen LogP contribution in [0.2, 0.25) is 0 Å². The van der Waals surface area contributed by atoms with Gasteiger partial charge in [0.2, 0.25) is 0 Å². The molecule has 2 aromatic carbocycles. The van der Waals surface area contributed by atoms with Gasteiger partial charge in [0.1, 0.15) is 11.4 Å². The van der Waals surface area contributed by atoms with Crippen LogP contribution in [0.3, 0.4) is 0 Å². The molecule has 5 rings (SSSR count). The minimum atomic E-state index is -0.526. The fourth-order valence-electron chi connectivity index (χ4n) is 5.51. The SMILES string of the molecule is Cc1ccc2c(c1)[C@H](O)CC1(CCN(C[C@H](O)c3c(C)n(C)c4ccccc34)CC1)O2. The highest BCUT2D eigenvalue weighted by molar-refractivity contribution is 5.85. The van der Waals surface area contributed by atoms with Crippen molar-refractivity contribution in [3.8, 4) is 5.75 Å². The van der Waals surface area contributed by atoms with Gasteiger partial charge in [-0.1, -0.05) is 29.8 Å². The van der Waals surface area contributed by atoms with Crippen LogP contribution in [0.5, 0.6) is 5.75 Å². The van der Waals surface area contributed by atoms with Gasteiger partial charge in [0.25, 0.3) is 0 Å². The van der Waals surface area contributed by atoms with Crippen molar-refractivity contribution in [2.45, 2.75) is 50.9 Å². The number of rotatable bonds is 3. The number of piperidine rings is 1. The van der Waals surface area contributed by atoms with Gasteiger partial charge in [-0.15, -0.1) is 0 Å². The smallest absolute Gasteiger partial charge is 0.125 e. The molecule has 0 radical (unpaired) electrons. The number of hydrogen-bond acceptors (Lipinski definition) is 4. The van der Waals surface area contributed by atoms with Crippen molar-refractivity contribution < 1.29 is 14.9 Å². The maximum absolute atomic E-state index is 11.1. The molecule has 0 aliphatic carbocycles. The average molecular weight is 421 g/mol. The Labute approximate surface area is 183 Å². The molecule has 2 aliphatic heterocycles. The second-order valence-corrected chi connectivity index (χ2v) is 9.44. The number of aryl methyl sites for hydroxylation is 2. The predicted molar refractivity (Wildman–Crippen MR) is 122 cm³/mol. The first-order valence-electron chi connectivity index (χ1n) is 11.3. The quantitative estimate of drug-likeness (QED) is 0.667. The number of para-hydroxylation sites is 1. The Morgan fingerprint density at radius 2 is 1.87 bits per heavy atom. The van der Waals surface area contributed by atoms with Crippen molar-refractivity contribution in [3.05, 3.63) is 64.8 Å². The standard InChI is InChI=1S/C26H32N2O3/c1-17-8-9-24-20(14-17)22(29)15-26(31-24)10-12-28(13-11-26)16-23(30)25-18(2)27(3)21-7-5-4-6-19(21)25/h4-9,14,22-23,29-30H,10-13,15-16H2,1-3H3/t22-,23+/m1/s1. The lowest BCUT2D eigenvalue weighted by Gasteiger charge is -2.46. The van der Waals surface area contributed by atoms with E-state index in [9.17, 15) is 10.2 Å². The van der Waals surface area contributed by atoms with E-state index in [1.54, 1.807) is 0 Å². The molecule has 31 heavy (non-hydrogen) atoms. The molecule has 0 amide bonds. The summed E-state index contributed by atoms with van der Waals surface area (Å²) >= 11 is 0. The normalized spacial score (nSPS) is 21.8. The first-order valence-corrected chi connectivity index (χ1v) is 11.3. The molecular weight excluding hydrogens is 388 g/mol. The van der Waals surface area contributed by atoms with Crippen molar-refractivity contribution in [2.75, 3.05) is 19.6 Å². The van der Waals surface area contributed by atoms with E-state index in [2.05, 4.69) is 35.6 Å². The number of nitrogens with zero attached hydrogens (tertiary/aromatic N) is 2. The summed E-state index contributed by atoms with van der Waals surface area (Å²) in [4.78, 5) is 2.33. The fourth-order valence-corrected chi connectivity index (χ4v) is 5.51. The first kappa shape index (κ1) is 20.6. The molecule has 3 aromatic rings. The first-order chi connectivity index (χ1) is 14.9. The molecular formula is C26H32N2O3. The zero-order chi connectivity index (χ0) is 21.8. The largest absolute Gasteiger partial charge is 0.487 e. The van der Waals surface area contributed by atoms with Crippen LogP contribution in [0.1, 0.15) is 53.9 Å². The summed E-state index contributed by atoms with van der Waals surface area (Å²) in [6.07, 6.45) is 1.36. The average Bonchev–Trinajstić information content (AvgIpc) is 3.01. The zero-order valence-electron chi connectivity index (χ0n) is 18.6. The van der Waals surface area contributed by atoms with E-state index in [1.165, 1.54) is 0 Å².